The Labute approximate surface area is 180 Å². The Hall–Kier alpha value is -2.86. The summed E-state index contributed by atoms with van der Waals surface area (Å²) < 4.78 is 0. The molecule has 0 aromatic heterocycles. The lowest BCUT2D eigenvalue weighted by Crippen LogP contribution is -2.44. The molecular weight excluding hydrogens is 376 g/mol. The van der Waals surface area contributed by atoms with Gasteiger partial charge in [-0.3, -0.25) is 4.79 Å². The summed E-state index contributed by atoms with van der Waals surface area (Å²) in [6.07, 6.45) is 0. The van der Waals surface area contributed by atoms with Crippen LogP contribution in [0.3, 0.4) is 0 Å². The van der Waals surface area contributed by atoms with Crippen molar-refractivity contribution in [1.82, 2.24) is 15.5 Å². The van der Waals surface area contributed by atoms with Gasteiger partial charge in [-0.2, -0.15) is 0 Å². The monoisotopic (exact) mass is 410 g/mol. The van der Waals surface area contributed by atoms with Crippen LogP contribution in [-0.2, 0) is 12.1 Å². The Morgan fingerprint density at radius 2 is 1.63 bits per heavy atom. The van der Waals surface area contributed by atoms with Crippen molar-refractivity contribution < 1.29 is 9.90 Å². The Morgan fingerprint density at radius 1 is 1.00 bits per heavy atom. The predicted molar refractivity (Wildman–Crippen MR) is 123 cm³/mol. The summed E-state index contributed by atoms with van der Waals surface area (Å²) in [6.45, 7) is 10.7. The fourth-order valence-corrected chi connectivity index (χ4v) is 3.11. The highest BCUT2D eigenvalue weighted by Crippen LogP contribution is 2.18. The van der Waals surface area contributed by atoms with Crippen molar-refractivity contribution in [1.29, 1.82) is 0 Å². The van der Waals surface area contributed by atoms with E-state index in [4.69, 9.17) is 0 Å². The van der Waals surface area contributed by atoms with Crippen LogP contribution in [0.5, 0.6) is 0 Å². The zero-order valence-electron chi connectivity index (χ0n) is 18.5. The van der Waals surface area contributed by atoms with Crippen LogP contribution in [-0.4, -0.2) is 48.1 Å². The van der Waals surface area contributed by atoms with Crippen molar-refractivity contribution in [3.8, 4) is 0 Å². The van der Waals surface area contributed by atoms with Crippen molar-refractivity contribution >= 4 is 11.9 Å². The van der Waals surface area contributed by atoms with E-state index in [-0.39, 0.29) is 5.91 Å². The molecule has 1 unspecified atom stereocenters. The first-order chi connectivity index (χ1) is 14.4. The van der Waals surface area contributed by atoms with Crippen molar-refractivity contribution in [2.45, 2.75) is 39.8 Å². The van der Waals surface area contributed by atoms with E-state index in [1.807, 2.05) is 75.4 Å². The molecule has 1 amide bonds. The number of guanidine groups is 1. The van der Waals surface area contributed by atoms with Gasteiger partial charge in [0.05, 0.1) is 13.1 Å². The van der Waals surface area contributed by atoms with E-state index < -0.39 is 5.60 Å². The highest BCUT2D eigenvalue weighted by atomic mass is 16.3. The van der Waals surface area contributed by atoms with Gasteiger partial charge >= 0.3 is 0 Å². The minimum absolute atomic E-state index is 0.0493. The predicted octanol–water partition coefficient (Wildman–Crippen LogP) is 3.13. The molecule has 0 saturated heterocycles. The van der Waals surface area contributed by atoms with Crippen LogP contribution in [0.2, 0.25) is 0 Å². The zero-order chi connectivity index (χ0) is 22.0. The first-order valence-corrected chi connectivity index (χ1v) is 10.6. The van der Waals surface area contributed by atoms with Crippen LogP contribution in [0.15, 0.2) is 59.6 Å². The number of carbonyl (C=O) groups is 1. The van der Waals surface area contributed by atoms with Crippen molar-refractivity contribution in [3.05, 3.63) is 71.3 Å². The van der Waals surface area contributed by atoms with E-state index in [2.05, 4.69) is 15.6 Å². The van der Waals surface area contributed by atoms with Gasteiger partial charge in [0.15, 0.2) is 5.96 Å². The minimum Gasteiger partial charge on any atom is -0.384 e. The molecule has 162 valence electrons. The Kier molecular flexibility index (Phi) is 8.87. The number of nitrogens with one attached hydrogen (secondary N) is 2. The van der Waals surface area contributed by atoms with Gasteiger partial charge in [-0.25, -0.2) is 4.99 Å². The zero-order valence-corrected chi connectivity index (χ0v) is 18.5. The number of nitrogens with zero attached hydrogens (tertiary/aromatic N) is 2. The van der Waals surface area contributed by atoms with Gasteiger partial charge in [0, 0.05) is 25.2 Å². The second-order valence-corrected chi connectivity index (χ2v) is 7.36. The molecule has 0 aliphatic heterocycles. The molecule has 0 saturated carbocycles. The Morgan fingerprint density at radius 3 is 2.20 bits per heavy atom. The number of aliphatic imine (C=N–C) groups is 1. The molecule has 2 aromatic carbocycles. The number of rotatable bonds is 9. The summed E-state index contributed by atoms with van der Waals surface area (Å²) in [4.78, 5) is 18.8. The lowest BCUT2D eigenvalue weighted by atomic mass is 9.96. The average molecular weight is 411 g/mol. The largest absolute Gasteiger partial charge is 0.384 e. The van der Waals surface area contributed by atoms with Crippen LogP contribution in [0.4, 0.5) is 0 Å². The third-order valence-corrected chi connectivity index (χ3v) is 5.01. The van der Waals surface area contributed by atoms with Crippen molar-refractivity contribution in [2.75, 3.05) is 26.2 Å². The molecule has 0 heterocycles. The summed E-state index contributed by atoms with van der Waals surface area (Å²) in [5.74, 6) is 0.685. The highest BCUT2D eigenvalue weighted by molar-refractivity contribution is 5.94. The molecule has 30 heavy (non-hydrogen) atoms. The summed E-state index contributed by atoms with van der Waals surface area (Å²) in [5, 5.41) is 17.2. The molecule has 2 aromatic rings. The van der Waals surface area contributed by atoms with Crippen molar-refractivity contribution in [3.63, 3.8) is 0 Å². The number of benzene rings is 2. The van der Waals surface area contributed by atoms with Gasteiger partial charge in [-0.05, 0) is 51.0 Å². The highest BCUT2D eigenvalue weighted by Gasteiger charge is 2.23. The molecule has 0 aliphatic rings. The third kappa shape index (κ3) is 6.59. The van der Waals surface area contributed by atoms with Gasteiger partial charge in [0.2, 0.25) is 0 Å². The Bertz CT molecular complexity index is 813. The number of hydrogen-bond donors (Lipinski definition) is 3. The van der Waals surface area contributed by atoms with Gasteiger partial charge in [0.1, 0.15) is 5.60 Å². The van der Waals surface area contributed by atoms with Crippen LogP contribution in [0, 0.1) is 0 Å². The van der Waals surface area contributed by atoms with Gasteiger partial charge in [0.25, 0.3) is 5.91 Å². The summed E-state index contributed by atoms with van der Waals surface area (Å²) in [7, 11) is 0. The fraction of sp³-hybridized carbons (Fsp3) is 0.417. The maximum atomic E-state index is 12.4. The second kappa shape index (κ2) is 11.4. The molecule has 3 N–H and O–H groups in total. The molecule has 2 rings (SSSR count). The van der Waals surface area contributed by atoms with Crippen molar-refractivity contribution in [2.24, 2.45) is 4.99 Å². The van der Waals surface area contributed by atoms with E-state index in [1.54, 1.807) is 11.8 Å². The number of carbonyl (C=O) groups excluding carboxylic acids is 1. The Balaban J connectivity index is 2.01. The summed E-state index contributed by atoms with van der Waals surface area (Å²) in [6, 6.07) is 17.2. The maximum Gasteiger partial charge on any atom is 0.253 e. The molecule has 6 heteroatoms. The SMILES string of the molecule is CCNC(=NCc1ccc(C(=O)N(CC)CC)cc1)NCC(C)(O)c1ccccc1. The second-order valence-electron chi connectivity index (χ2n) is 7.36. The van der Waals surface area contributed by atoms with Gasteiger partial charge in [-0.15, -0.1) is 0 Å². The van der Waals surface area contributed by atoms with E-state index in [0.29, 0.717) is 37.7 Å². The molecule has 0 bridgehead atoms. The summed E-state index contributed by atoms with van der Waals surface area (Å²) >= 11 is 0. The quantitative estimate of drug-likeness (QED) is 0.438. The number of amides is 1. The third-order valence-electron chi connectivity index (χ3n) is 5.01. The smallest absolute Gasteiger partial charge is 0.253 e. The minimum atomic E-state index is -1.01. The van der Waals surface area contributed by atoms with E-state index in [0.717, 1.165) is 17.7 Å². The molecule has 0 aliphatic carbocycles. The van der Waals surface area contributed by atoms with Crippen LogP contribution in [0.25, 0.3) is 0 Å². The molecule has 6 nitrogen and oxygen atoms in total. The van der Waals surface area contributed by atoms with E-state index in [9.17, 15) is 9.90 Å². The summed E-state index contributed by atoms with van der Waals surface area (Å²) in [5.41, 5.74) is 1.54. The normalized spacial score (nSPS) is 13.4. The molecule has 0 fully saturated rings. The first-order valence-electron chi connectivity index (χ1n) is 10.6. The standard InChI is InChI=1S/C24H34N4O2/c1-5-25-23(27-18-24(4,30)21-11-9-8-10-12-21)26-17-19-13-15-20(16-14-19)22(29)28(6-2)7-3/h8-16,30H,5-7,17-18H2,1-4H3,(H2,25,26,27). The molecular formula is C24H34N4O2. The molecule has 0 radical (unpaired) electrons. The van der Waals surface area contributed by atoms with Gasteiger partial charge < -0.3 is 20.6 Å². The lowest BCUT2D eigenvalue weighted by molar-refractivity contribution is 0.0617. The number of aliphatic hydroxyl groups is 1. The van der Waals surface area contributed by atoms with Gasteiger partial charge in [-0.1, -0.05) is 42.5 Å². The number of hydrogen-bond acceptors (Lipinski definition) is 3. The van der Waals surface area contributed by atoms with E-state index >= 15 is 0 Å². The van der Waals surface area contributed by atoms with Crippen LogP contribution in [0.1, 0.15) is 49.2 Å². The average Bonchev–Trinajstić information content (AvgIpc) is 2.77. The first kappa shape index (κ1) is 23.4. The van der Waals surface area contributed by atoms with Crippen LogP contribution >= 0.6 is 0 Å². The molecule has 0 spiro atoms. The fourth-order valence-electron chi connectivity index (χ4n) is 3.11. The topological polar surface area (TPSA) is 77.0 Å². The van der Waals surface area contributed by atoms with E-state index in [1.165, 1.54) is 0 Å². The van der Waals surface area contributed by atoms with Crippen LogP contribution < -0.4 is 10.6 Å². The maximum absolute atomic E-state index is 12.4. The lowest BCUT2D eigenvalue weighted by Gasteiger charge is -2.25. The molecule has 1 atom stereocenters.